The smallest absolute Gasteiger partial charge is 0.226 e. The molecule has 2 aliphatic rings. The standard InChI is InChI=1S/C29H37ClN6O3S2/c1-5-27(26-14-22-6-7-23(30)15-25(22)40-26)41(38,39)35-16-20(2)36(24(18-35)19-37)17-21-9-12-34(13-10-21)28-8-11-31-29(32-28)33(3)4/h5-8,11,14-15,19-21,24,27H,1,9-10,12-13,16-18H2,2-4H3. The minimum atomic E-state index is -3.78. The van der Waals surface area contributed by atoms with Crippen LogP contribution in [0.2, 0.25) is 5.02 Å². The number of carbonyl (C=O) groups is 1. The van der Waals surface area contributed by atoms with Crippen LogP contribution in [-0.2, 0) is 14.8 Å². The van der Waals surface area contributed by atoms with Crippen molar-refractivity contribution in [3.05, 3.63) is 59.1 Å². The second kappa shape index (κ2) is 12.3. The summed E-state index contributed by atoms with van der Waals surface area (Å²) in [6.45, 7) is 8.87. The second-order valence-electron chi connectivity index (χ2n) is 11.1. The predicted octanol–water partition coefficient (Wildman–Crippen LogP) is 4.46. The zero-order valence-electron chi connectivity index (χ0n) is 23.7. The molecule has 2 fully saturated rings. The summed E-state index contributed by atoms with van der Waals surface area (Å²) in [7, 11) is 0.0788. The third-order valence-corrected chi connectivity index (χ3v) is 11.8. The quantitative estimate of drug-likeness (QED) is 0.257. The highest BCUT2D eigenvalue weighted by molar-refractivity contribution is 7.89. The highest BCUT2D eigenvalue weighted by Gasteiger charge is 2.41. The number of fused-ring (bicyclic) bond motifs is 1. The number of hydrogen-bond donors (Lipinski definition) is 0. The van der Waals surface area contributed by atoms with Gasteiger partial charge in [-0.25, -0.2) is 13.4 Å². The van der Waals surface area contributed by atoms with Crippen molar-refractivity contribution in [1.29, 1.82) is 0 Å². The van der Waals surface area contributed by atoms with Crippen molar-refractivity contribution >= 4 is 61.1 Å². The lowest BCUT2D eigenvalue weighted by atomic mass is 9.94. The van der Waals surface area contributed by atoms with Crippen LogP contribution in [0.5, 0.6) is 0 Å². The molecule has 9 nitrogen and oxygen atoms in total. The number of rotatable bonds is 9. The van der Waals surface area contributed by atoms with Crippen molar-refractivity contribution in [1.82, 2.24) is 19.2 Å². The van der Waals surface area contributed by atoms with E-state index in [1.165, 1.54) is 21.7 Å². The summed E-state index contributed by atoms with van der Waals surface area (Å²) in [6.07, 6.45) is 6.14. The van der Waals surface area contributed by atoms with E-state index in [0.717, 1.165) is 54.7 Å². The lowest BCUT2D eigenvalue weighted by molar-refractivity contribution is -0.115. The normalized spacial score (nSPS) is 22.1. The van der Waals surface area contributed by atoms with E-state index in [2.05, 4.69) is 26.3 Å². The molecule has 0 amide bonds. The summed E-state index contributed by atoms with van der Waals surface area (Å²) < 4.78 is 30.2. The van der Waals surface area contributed by atoms with Crippen molar-refractivity contribution in [3.63, 3.8) is 0 Å². The molecule has 0 aliphatic carbocycles. The Morgan fingerprint density at radius 2 is 1.95 bits per heavy atom. The molecule has 220 valence electrons. The van der Waals surface area contributed by atoms with Crippen molar-refractivity contribution in [2.75, 3.05) is 56.6 Å². The molecule has 4 heterocycles. The van der Waals surface area contributed by atoms with E-state index in [-0.39, 0.29) is 12.6 Å². The predicted molar refractivity (Wildman–Crippen MR) is 168 cm³/mol. The molecule has 3 aromatic rings. The van der Waals surface area contributed by atoms with Crippen LogP contribution in [0, 0.1) is 5.92 Å². The number of piperazine rings is 1. The van der Waals surface area contributed by atoms with Crippen molar-refractivity contribution in [2.24, 2.45) is 5.92 Å². The third-order valence-electron chi connectivity index (χ3n) is 8.12. The first-order valence-corrected chi connectivity index (χ1v) is 16.6. The molecule has 2 aromatic heterocycles. The average molecular weight is 617 g/mol. The maximum atomic E-state index is 13.9. The Hall–Kier alpha value is -2.57. The van der Waals surface area contributed by atoms with Crippen LogP contribution in [0.4, 0.5) is 11.8 Å². The van der Waals surface area contributed by atoms with E-state index in [4.69, 9.17) is 11.6 Å². The SMILES string of the molecule is C=CC(c1cc2ccc(Cl)cc2s1)S(=O)(=O)N1CC(C)N(CC2CCN(c3ccnc(N(C)C)n3)CC2)C(C=O)C1. The van der Waals surface area contributed by atoms with Gasteiger partial charge in [0.15, 0.2) is 0 Å². The van der Waals surface area contributed by atoms with Crippen LogP contribution in [0.3, 0.4) is 0 Å². The number of thiophene rings is 1. The van der Waals surface area contributed by atoms with E-state index in [0.29, 0.717) is 28.3 Å². The third kappa shape index (κ3) is 6.29. The number of carbonyl (C=O) groups excluding carboxylic acids is 1. The Bertz CT molecular complexity index is 1510. The Morgan fingerprint density at radius 1 is 1.20 bits per heavy atom. The second-order valence-corrected chi connectivity index (χ2v) is 14.7. The molecular weight excluding hydrogens is 580 g/mol. The van der Waals surface area contributed by atoms with Gasteiger partial charge >= 0.3 is 0 Å². The molecule has 0 bridgehead atoms. The molecule has 3 unspecified atom stereocenters. The first kappa shape index (κ1) is 29.9. The number of benzene rings is 1. The van der Waals surface area contributed by atoms with Gasteiger partial charge < -0.3 is 14.6 Å². The van der Waals surface area contributed by atoms with Gasteiger partial charge in [0.2, 0.25) is 16.0 Å². The van der Waals surface area contributed by atoms with Crippen LogP contribution in [0.15, 0.2) is 49.2 Å². The van der Waals surface area contributed by atoms with Crippen molar-refractivity contribution in [3.8, 4) is 0 Å². The Morgan fingerprint density at radius 3 is 2.63 bits per heavy atom. The molecule has 1 aromatic carbocycles. The molecule has 5 rings (SSSR count). The maximum absolute atomic E-state index is 13.9. The van der Waals surface area contributed by atoms with Gasteiger partial charge in [0.25, 0.3) is 0 Å². The summed E-state index contributed by atoms with van der Waals surface area (Å²) in [5.41, 5.74) is 0. The number of halogens is 1. The molecule has 2 aliphatic heterocycles. The summed E-state index contributed by atoms with van der Waals surface area (Å²) in [6, 6.07) is 8.79. The lowest BCUT2D eigenvalue weighted by Gasteiger charge is -2.45. The molecule has 2 saturated heterocycles. The van der Waals surface area contributed by atoms with Gasteiger partial charge in [-0.05, 0) is 55.3 Å². The Balaban J connectivity index is 1.24. The number of hydrogen-bond acceptors (Lipinski definition) is 9. The zero-order chi connectivity index (χ0) is 29.3. The van der Waals surface area contributed by atoms with Crippen molar-refractivity contribution in [2.45, 2.75) is 37.1 Å². The zero-order valence-corrected chi connectivity index (χ0v) is 26.1. The van der Waals surface area contributed by atoms with Gasteiger partial charge in [0.05, 0.1) is 6.04 Å². The Kier molecular flexibility index (Phi) is 9.01. The average Bonchev–Trinajstić information content (AvgIpc) is 3.37. The van der Waals surface area contributed by atoms with Crippen LogP contribution in [-0.4, -0.2) is 92.8 Å². The maximum Gasteiger partial charge on any atom is 0.226 e. The van der Waals surface area contributed by atoms with Gasteiger partial charge in [0, 0.05) is 73.7 Å². The summed E-state index contributed by atoms with van der Waals surface area (Å²) >= 11 is 7.56. The van der Waals surface area contributed by atoms with Gasteiger partial charge in [-0.15, -0.1) is 17.9 Å². The highest BCUT2D eigenvalue weighted by Crippen LogP contribution is 2.38. The van der Waals surface area contributed by atoms with E-state index in [9.17, 15) is 13.2 Å². The number of nitrogens with zero attached hydrogens (tertiary/aromatic N) is 6. The first-order chi connectivity index (χ1) is 19.6. The van der Waals surface area contributed by atoms with Crippen LogP contribution in [0.25, 0.3) is 10.1 Å². The number of aldehydes is 1. The number of piperidine rings is 1. The first-order valence-electron chi connectivity index (χ1n) is 13.9. The molecule has 12 heteroatoms. The molecule has 41 heavy (non-hydrogen) atoms. The monoisotopic (exact) mass is 616 g/mol. The highest BCUT2D eigenvalue weighted by atomic mass is 35.5. The fraction of sp³-hybridized carbons (Fsp3) is 0.483. The van der Waals surface area contributed by atoms with Crippen LogP contribution >= 0.6 is 22.9 Å². The van der Waals surface area contributed by atoms with E-state index < -0.39 is 21.3 Å². The van der Waals surface area contributed by atoms with Gasteiger partial charge in [-0.3, -0.25) is 4.90 Å². The van der Waals surface area contributed by atoms with Crippen LogP contribution in [0.1, 0.15) is 29.9 Å². The summed E-state index contributed by atoms with van der Waals surface area (Å²) in [5.74, 6) is 2.04. The molecular formula is C29H37ClN6O3S2. The van der Waals surface area contributed by atoms with Gasteiger partial charge in [-0.2, -0.15) is 9.29 Å². The minimum absolute atomic E-state index is 0.0945. The van der Waals surface area contributed by atoms with Crippen molar-refractivity contribution < 1.29 is 13.2 Å². The Labute approximate surface area is 251 Å². The van der Waals surface area contributed by atoms with E-state index in [1.54, 1.807) is 12.3 Å². The molecule has 0 N–H and O–H groups in total. The molecule has 0 spiro atoms. The molecule has 3 atom stereocenters. The lowest BCUT2D eigenvalue weighted by Crippen LogP contribution is -2.61. The molecule has 0 saturated carbocycles. The molecule has 0 radical (unpaired) electrons. The van der Waals surface area contributed by atoms with E-state index in [1.807, 2.05) is 50.2 Å². The fourth-order valence-corrected chi connectivity index (χ4v) is 9.38. The minimum Gasteiger partial charge on any atom is -0.356 e. The van der Waals surface area contributed by atoms with Gasteiger partial charge in [-0.1, -0.05) is 23.7 Å². The van der Waals surface area contributed by atoms with Crippen LogP contribution < -0.4 is 9.80 Å². The largest absolute Gasteiger partial charge is 0.356 e. The summed E-state index contributed by atoms with van der Waals surface area (Å²) in [5, 5.41) is 0.675. The fourth-order valence-electron chi connectivity index (χ4n) is 5.84. The topological polar surface area (TPSA) is 90.0 Å². The number of anilines is 2. The van der Waals surface area contributed by atoms with Gasteiger partial charge in [0.1, 0.15) is 17.4 Å². The van der Waals surface area contributed by atoms with E-state index >= 15 is 0 Å². The summed E-state index contributed by atoms with van der Waals surface area (Å²) in [4.78, 5) is 28.4. The number of aromatic nitrogens is 2. The number of sulfonamides is 1.